The van der Waals surface area contributed by atoms with Crippen molar-refractivity contribution in [2.75, 3.05) is 5.32 Å². The van der Waals surface area contributed by atoms with Crippen molar-refractivity contribution in [1.82, 2.24) is 10.3 Å². The predicted octanol–water partition coefficient (Wildman–Crippen LogP) is 3.29. The van der Waals surface area contributed by atoms with Gasteiger partial charge < -0.3 is 10.6 Å². The summed E-state index contributed by atoms with van der Waals surface area (Å²) in [7, 11) is 0. The third-order valence-corrected chi connectivity index (χ3v) is 5.00. The molecule has 2 heterocycles. The van der Waals surface area contributed by atoms with Gasteiger partial charge in [0.2, 0.25) is 5.91 Å². The maximum Gasteiger partial charge on any atom is 0.241 e. The van der Waals surface area contributed by atoms with E-state index >= 15 is 0 Å². The molecule has 3 unspecified atom stereocenters. The number of aromatic nitrogens is 1. The van der Waals surface area contributed by atoms with Crippen molar-refractivity contribution < 1.29 is 4.79 Å². The minimum Gasteiger partial charge on any atom is -0.322 e. The Hall–Kier alpha value is -1.13. The number of piperidine rings is 1. The van der Waals surface area contributed by atoms with Gasteiger partial charge >= 0.3 is 0 Å². The van der Waals surface area contributed by atoms with E-state index in [2.05, 4.69) is 15.6 Å². The van der Waals surface area contributed by atoms with Crippen molar-refractivity contribution in [3.05, 3.63) is 23.0 Å². The second-order valence-electron chi connectivity index (χ2n) is 6.29. The molecule has 2 fully saturated rings. The summed E-state index contributed by atoms with van der Waals surface area (Å²) in [4.78, 5) is 16.5. The smallest absolute Gasteiger partial charge is 0.241 e. The van der Waals surface area contributed by atoms with Crippen molar-refractivity contribution in [2.45, 2.75) is 57.5 Å². The molecule has 1 amide bonds. The van der Waals surface area contributed by atoms with Crippen LogP contribution < -0.4 is 10.6 Å². The summed E-state index contributed by atoms with van der Waals surface area (Å²) in [5, 5.41) is 6.80. The van der Waals surface area contributed by atoms with Crippen LogP contribution in [0.2, 0.25) is 5.15 Å². The SMILES string of the molecule is Cc1cnc(Cl)c(NC(=O)C2CCC3CCCCC3N2)c1. The maximum atomic E-state index is 12.4. The molecule has 1 saturated carbocycles. The van der Waals surface area contributed by atoms with Gasteiger partial charge in [-0.15, -0.1) is 0 Å². The Labute approximate surface area is 130 Å². The number of anilines is 1. The lowest BCUT2D eigenvalue weighted by Crippen LogP contribution is -2.53. The minimum atomic E-state index is -0.110. The average molecular weight is 308 g/mol. The highest BCUT2D eigenvalue weighted by atomic mass is 35.5. The van der Waals surface area contributed by atoms with Crippen LogP contribution in [0.4, 0.5) is 5.69 Å². The Morgan fingerprint density at radius 1 is 1.33 bits per heavy atom. The number of aryl methyl sites for hydroxylation is 1. The number of fused-ring (bicyclic) bond motifs is 1. The van der Waals surface area contributed by atoms with Gasteiger partial charge in [-0.2, -0.15) is 0 Å². The standard InChI is InChI=1S/C16H22ClN3O/c1-10-8-14(15(17)18-9-10)20-16(21)13-7-6-11-4-2-3-5-12(11)19-13/h8-9,11-13,19H,2-7H2,1H3,(H,20,21). The van der Waals surface area contributed by atoms with Gasteiger partial charge in [-0.1, -0.05) is 24.4 Å². The van der Waals surface area contributed by atoms with Crippen LogP contribution in [-0.4, -0.2) is 23.0 Å². The number of hydrogen-bond acceptors (Lipinski definition) is 3. The summed E-state index contributed by atoms with van der Waals surface area (Å²) in [6, 6.07) is 2.26. The summed E-state index contributed by atoms with van der Waals surface area (Å²) in [5.74, 6) is 0.764. The van der Waals surface area contributed by atoms with E-state index in [1.54, 1.807) is 6.20 Å². The Bertz CT molecular complexity index is 534. The fourth-order valence-corrected chi connectivity index (χ4v) is 3.71. The van der Waals surface area contributed by atoms with Crippen LogP contribution in [0.15, 0.2) is 12.3 Å². The second-order valence-corrected chi connectivity index (χ2v) is 6.65. The zero-order valence-electron chi connectivity index (χ0n) is 12.4. The Kier molecular flexibility index (Phi) is 4.45. The molecule has 5 heteroatoms. The highest BCUT2D eigenvalue weighted by molar-refractivity contribution is 6.32. The Balaban J connectivity index is 1.64. The molecule has 0 radical (unpaired) electrons. The van der Waals surface area contributed by atoms with Crippen LogP contribution in [0.1, 0.15) is 44.1 Å². The number of hydrogen-bond donors (Lipinski definition) is 2. The number of nitrogens with one attached hydrogen (secondary N) is 2. The van der Waals surface area contributed by atoms with E-state index in [1.807, 2.05) is 13.0 Å². The fourth-order valence-electron chi connectivity index (χ4n) is 3.56. The molecule has 3 atom stereocenters. The molecule has 2 N–H and O–H groups in total. The van der Waals surface area contributed by atoms with Crippen LogP contribution in [-0.2, 0) is 4.79 Å². The molecule has 1 aliphatic carbocycles. The van der Waals surface area contributed by atoms with Crippen LogP contribution in [0.3, 0.4) is 0 Å². The molecule has 0 bridgehead atoms. The normalized spacial score (nSPS) is 28.8. The van der Waals surface area contributed by atoms with E-state index in [0.29, 0.717) is 16.9 Å². The van der Waals surface area contributed by atoms with E-state index in [4.69, 9.17) is 11.6 Å². The van der Waals surface area contributed by atoms with E-state index in [0.717, 1.165) is 24.3 Å². The third-order valence-electron chi connectivity index (χ3n) is 4.70. The summed E-state index contributed by atoms with van der Waals surface area (Å²) in [6.07, 6.45) is 8.87. The number of rotatable bonds is 2. The maximum absolute atomic E-state index is 12.4. The lowest BCUT2D eigenvalue weighted by Gasteiger charge is -2.39. The molecule has 21 heavy (non-hydrogen) atoms. The van der Waals surface area contributed by atoms with Crippen molar-refractivity contribution in [2.24, 2.45) is 5.92 Å². The van der Waals surface area contributed by atoms with Crippen LogP contribution in [0, 0.1) is 12.8 Å². The monoisotopic (exact) mass is 307 g/mol. The lowest BCUT2D eigenvalue weighted by molar-refractivity contribution is -0.119. The van der Waals surface area contributed by atoms with Crippen molar-refractivity contribution >= 4 is 23.2 Å². The van der Waals surface area contributed by atoms with Gasteiger partial charge in [0.25, 0.3) is 0 Å². The molecule has 1 aliphatic heterocycles. The number of amides is 1. The molecule has 3 rings (SSSR count). The molecule has 1 aromatic rings. The van der Waals surface area contributed by atoms with Gasteiger partial charge in [0.05, 0.1) is 11.7 Å². The molecule has 0 aromatic carbocycles. The Morgan fingerprint density at radius 3 is 3.00 bits per heavy atom. The fraction of sp³-hybridized carbons (Fsp3) is 0.625. The molecular weight excluding hydrogens is 286 g/mol. The largest absolute Gasteiger partial charge is 0.322 e. The summed E-state index contributed by atoms with van der Waals surface area (Å²) in [5.41, 5.74) is 1.59. The topological polar surface area (TPSA) is 54.0 Å². The molecule has 1 aromatic heterocycles. The van der Waals surface area contributed by atoms with Crippen LogP contribution >= 0.6 is 11.6 Å². The van der Waals surface area contributed by atoms with E-state index in [-0.39, 0.29) is 11.9 Å². The van der Waals surface area contributed by atoms with Gasteiger partial charge in [-0.3, -0.25) is 4.79 Å². The molecule has 2 aliphatic rings. The van der Waals surface area contributed by atoms with Gasteiger partial charge in [0.15, 0.2) is 5.15 Å². The van der Waals surface area contributed by atoms with E-state index in [1.165, 1.54) is 25.7 Å². The minimum absolute atomic E-state index is 0.00771. The first kappa shape index (κ1) is 14.8. The first-order valence-electron chi connectivity index (χ1n) is 7.82. The van der Waals surface area contributed by atoms with Gasteiger partial charge in [0.1, 0.15) is 0 Å². The molecule has 114 valence electrons. The zero-order chi connectivity index (χ0) is 14.8. The number of pyridine rings is 1. The zero-order valence-corrected chi connectivity index (χ0v) is 13.1. The number of nitrogens with zero attached hydrogens (tertiary/aromatic N) is 1. The number of carbonyl (C=O) groups excluding carboxylic acids is 1. The number of halogens is 1. The third kappa shape index (κ3) is 3.38. The lowest BCUT2D eigenvalue weighted by atomic mass is 9.77. The van der Waals surface area contributed by atoms with Gasteiger partial charge in [0, 0.05) is 12.2 Å². The van der Waals surface area contributed by atoms with Gasteiger partial charge in [-0.05, 0) is 50.2 Å². The number of carbonyl (C=O) groups is 1. The Morgan fingerprint density at radius 2 is 2.14 bits per heavy atom. The van der Waals surface area contributed by atoms with E-state index < -0.39 is 0 Å². The van der Waals surface area contributed by atoms with Crippen molar-refractivity contribution in [3.8, 4) is 0 Å². The van der Waals surface area contributed by atoms with Crippen molar-refractivity contribution in [3.63, 3.8) is 0 Å². The summed E-state index contributed by atoms with van der Waals surface area (Å²) in [6.45, 7) is 1.93. The summed E-state index contributed by atoms with van der Waals surface area (Å²) >= 11 is 6.04. The predicted molar refractivity (Wildman–Crippen MR) is 84.5 cm³/mol. The summed E-state index contributed by atoms with van der Waals surface area (Å²) < 4.78 is 0. The molecule has 0 spiro atoms. The van der Waals surface area contributed by atoms with Crippen LogP contribution in [0.25, 0.3) is 0 Å². The van der Waals surface area contributed by atoms with Gasteiger partial charge in [-0.25, -0.2) is 4.98 Å². The van der Waals surface area contributed by atoms with Crippen LogP contribution in [0.5, 0.6) is 0 Å². The highest BCUT2D eigenvalue weighted by Crippen LogP contribution is 2.32. The molecule has 4 nitrogen and oxygen atoms in total. The first-order valence-corrected chi connectivity index (χ1v) is 8.20. The second kappa shape index (κ2) is 6.32. The first-order chi connectivity index (χ1) is 10.1. The quantitative estimate of drug-likeness (QED) is 0.824. The van der Waals surface area contributed by atoms with Crippen molar-refractivity contribution in [1.29, 1.82) is 0 Å². The average Bonchev–Trinajstić information content (AvgIpc) is 2.50. The van der Waals surface area contributed by atoms with E-state index in [9.17, 15) is 4.79 Å². The molecular formula is C16H22ClN3O. The highest BCUT2D eigenvalue weighted by Gasteiger charge is 2.34. The molecule has 1 saturated heterocycles.